The number of unbranched alkanes of at least 4 members (excludes halogenated alkanes) is 30. The molecule has 0 aromatic rings. The fraction of sp³-hybridized carbons (Fsp3) is 0.885. The number of rotatable bonds is 48. The summed E-state index contributed by atoms with van der Waals surface area (Å²) in [4.78, 5) is 37.7. The molecule has 0 aliphatic carbocycles. The first-order chi connectivity index (χ1) is 30.0. The Bertz CT molecular complexity index is 1110. The van der Waals surface area contributed by atoms with Crippen molar-refractivity contribution in [3.8, 4) is 0 Å². The minimum absolute atomic E-state index is 0.0298. The molecular formula is C52H100NO8P. The van der Waals surface area contributed by atoms with Gasteiger partial charge in [0, 0.05) is 12.8 Å². The molecule has 1 unspecified atom stereocenters. The van der Waals surface area contributed by atoms with Crippen molar-refractivity contribution in [1.29, 1.82) is 0 Å². The molecule has 0 bridgehead atoms. The molecule has 62 heavy (non-hydrogen) atoms. The lowest BCUT2D eigenvalue weighted by molar-refractivity contribution is -0.870. The standard InChI is InChI=1S/C52H100NO8P/c1-6-8-10-12-14-16-18-20-22-24-26-28-30-32-34-36-38-40-42-44-51(54)58-48-50(49-60-62(56,57)59-47-46-53(3,4)5)61-52(55)45-43-41-39-37-35-33-31-29-27-25-23-21-19-17-15-13-11-9-7-2/h20-23,50H,6-19,24-49H2,1-5H3/b22-20-,23-21-/t50-/m1/s1. The van der Waals surface area contributed by atoms with E-state index >= 15 is 0 Å². The smallest absolute Gasteiger partial charge is 0.306 e. The maximum Gasteiger partial charge on any atom is 0.306 e. The van der Waals surface area contributed by atoms with Crippen LogP contribution in [0.2, 0.25) is 0 Å². The Labute approximate surface area is 383 Å². The predicted octanol–water partition coefficient (Wildman–Crippen LogP) is 14.8. The van der Waals surface area contributed by atoms with Gasteiger partial charge in [0.15, 0.2) is 6.10 Å². The first-order valence-corrected chi connectivity index (χ1v) is 27.5. The molecule has 0 saturated carbocycles. The molecule has 0 fully saturated rings. The second-order valence-electron chi connectivity index (χ2n) is 18.9. The molecule has 0 aromatic carbocycles. The van der Waals surface area contributed by atoms with Crippen LogP contribution in [0, 0.1) is 0 Å². The van der Waals surface area contributed by atoms with Crippen molar-refractivity contribution >= 4 is 19.8 Å². The lowest BCUT2D eigenvalue weighted by Gasteiger charge is -2.28. The van der Waals surface area contributed by atoms with Gasteiger partial charge in [-0.25, -0.2) is 0 Å². The van der Waals surface area contributed by atoms with Crippen LogP contribution in [0.1, 0.15) is 245 Å². The van der Waals surface area contributed by atoms with E-state index < -0.39 is 26.5 Å². The SMILES string of the molecule is CCCCCCCC/C=C\CCCCCCCCCCCC(=O)OC[C@H](COP(=O)([O-])OCC[N+](C)(C)C)OC(=O)CCCCCCCCCCC/C=C\CCCCCCCC. The highest BCUT2D eigenvalue weighted by Crippen LogP contribution is 2.38. The molecule has 0 amide bonds. The van der Waals surface area contributed by atoms with Gasteiger partial charge in [-0.05, 0) is 64.2 Å². The third kappa shape index (κ3) is 48.0. The Hall–Kier alpha value is -1.51. The van der Waals surface area contributed by atoms with Gasteiger partial charge in [0.05, 0.1) is 27.7 Å². The third-order valence-corrected chi connectivity index (χ3v) is 12.4. The molecule has 0 saturated heterocycles. The summed E-state index contributed by atoms with van der Waals surface area (Å²) in [6.45, 7) is 4.25. The summed E-state index contributed by atoms with van der Waals surface area (Å²) >= 11 is 0. The van der Waals surface area contributed by atoms with E-state index in [9.17, 15) is 19.0 Å². The van der Waals surface area contributed by atoms with Gasteiger partial charge in [0.2, 0.25) is 0 Å². The molecular weight excluding hydrogens is 798 g/mol. The van der Waals surface area contributed by atoms with Crippen LogP contribution in [0.15, 0.2) is 24.3 Å². The molecule has 0 spiro atoms. The summed E-state index contributed by atoms with van der Waals surface area (Å²) < 4.78 is 34.1. The average molecular weight is 898 g/mol. The van der Waals surface area contributed by atoms with E-state index in [0.717, 1.165) is 38.5 Å². The Balaban J connectivity index is 4.23. The van der Waals surface area contributed by atoms with Gasteiger partial charge in [-0.2, -0.15) is 0 Å². The number of phosphoric acid groups is 1. The molecule has 0 N–H and O–H groups in total. The number of quaternary nitrogens is 1. The van der Waals surface area contributed by atoms with Crippen LogP contribution < -0.4 is 4.89 Å². The molecule has 0 aliphatic rings. The summed E-state index contributed by atoms with van der Waals surface area (Å²) in [5.41, 5.74) is 0. The van der Waals surface area contributed by atoms with E-state index in [4.69, 9.17) is 18.5 Å². The highest BCUT2D eigenvalue weighted by molar-refractivity contribution is 7.45. The number of likely N-dealkylation sites (N-methyl/N-ethyl adjacent to an activating group) is 1. The third-order valence-electron chi connectivity index (χ3n) is 11.4. The van der Waals surface area contributed by atoms with Crippen LogP contribution in [0.25, 0.3) is 0 Å². The highest BCUT2D eigenvalue weighted by Gasteiger charge is 2.21. The number of phosphoric ester groups is 1. The Morgan fingerprint density at radius 3 is 1.19 bits per heavy atom. The number of hydrogen-bond acceptors (Lipinski definition) is 8. The van der Waals surface area contributed by atoms with E-state index in [1.165, 1.54) is 173 Å². The van der Waals surface area contributed by atoms with Crippen molar-refractivity contribution < 1.29 is 42.1 Å². The predicted molar refractivity (Wildman–Crippen MR) is 259 cm³/mol. The van der Waals surface area contributed by atoms with Crippen molar-refractivity contribution in [1.82, 2.24) is 0 Å². The molecule has 0 rings (SSSR count). The van der Waals surface area contributed by atoms with Crippen LogP contribution in [0.5, 0.6) is 0 Å². The number of hydrogen-bond donors (Lipinski definition) is 0. The molecule has 0 radical (unpaired) electrons. The van der Waals surface area contributed by atoms with Crippen molar-refractivity contribution in [3.05, 3.63) is 24.3 Å². The summed E-state index contributed by atoms with van der Waals surface area (Å²) in [5, 5.41) is 0. The average Bonchev–Trinajstić information content (AvgIpc) is 3.23. The van der Waals surface area contributed by atoms with Gasteiger partial charge >= 0.3 is 11.9 Å². The van der Waals surface area contributed by atoms with Crippen molar-refractivity contribution in [3.63, 3.8) is 0 Å². The van der Waals surface area contributed by atoms with E-state index in [0.29, 0.717) is 17.4 Å². The zero-order valence-corrected chi connectivity index (χ0v) is 42.2. The molecule has 0 aromatic heterocycles. The number of nitrogens with zero attached hydrogens (tertiary/aromatic N) is 1. The molecule has 366 valence electrons. The largest absolute Gasteiger partial charge is 0.756 e. The van der Waals surface area contributed by atoms with Crippen LogP contribution in [0.4, 0.5) is 0 Å². The van der Waals surface area contributed by atoms with Crippen molar-refractivity contribution in [2.24, 2.45) is 0 Å². The number of carbonyl (C=O) groups excluding carboxylic acids is 2. The lowest BCUT2D eigenvalue weighted by atomic mass is 10.1. The quantitative estimate of drug-likeness (QED) is 0.0195. The van der Waals surface area contributed by atoms with E-state index in [1.54, 1.807) is 0 Å². The molecule has 0 heterocycles. The minimum Gasteiger partial charge on any atom is -0.756 e. The van der Waals surface area contributed by atoms with Gasteiger partial charge in [0.1, 0.15) is 19.8 Å². The monoisotopic (exact) mass is 898 g/mol. The Kier molecular flexibility index (Phi) is 43.6. The van der Waals surface area contributed by atoms with E-state index in [-0.39, 0.29) is 32.0 Å². The van der Waals surface area contributed by atoms with Crippen molar-refractivity contribution in [2.45, 2.75) is 251 Å². The number of carbonyl (C=O) groups is 2. The summed E-state index contributed by atoms with van der Waals surface area (Å²) in [5.74, 6) is -0.829. The number of allylic oxidation sites excluding steroid dienone is 4. The summed E-state index contributed by atoms with van der Waals surface area (Å²) in [6, 6.07) is 0. The zero-order valence-electron chi connectivity index (χ0n) is 41.3. The summed E-state index contributed by atoms with van der Waals surface area (Å²) in [7, 11) is 1.17. The van der Waals surface area contributed by atoms with Gasteiger partial charge in [0.25, 0.3) is 7.82 Å². The lowest BCUT2D eigenvalue weighted by Crippen LogP contribution is -2.37. The van der Waals surface area contributed by atoms with E-state index in [1.807, 2.05) is 21.1 Å². The van der Waals surface area contributed by atoms with Gasteiger partial charge in [-0.1, -0.05) is 192 Å². The molecule has 9 nitrogen and oxygen atoms in total. The maximum atomic E-state index is 12.7. The molecule has 2 atom stereocenters. The van der Waals surface area contributed by atoms with Crippen LogP contribution in [-0.2, 0) is 32.7 Å². The molecule has 10 heteroatoms. The van der Waals surface area contributed by atoms with Gasteiger partial charge in [-0.3, -0.25) is 14.2 Å². The van der Waals surface area contributed by atoms with E-state index in [2.05, 4.69) is 38.2 Å². The highest BCUT2D eigenvalue weighted by atomic mass is 31.2. The second-order valence-corrected chi connectivity index (χ2v) is 20.3. The topological polar surface area (TPSA) is 111 Å². The first kappa shape index (κ1) is 60.5. The maximum absolute atomic E-state index is 12.7. The number of esters is 2. The van der Waals surface area contributed by atoms with Gasteiger partial charge < -0.3 is 27.9 Å². The Morgan fingerprint density at radius 1 is 0.484 bits per heavy atom. The van der Waals surface area contributed by atoms with Crippen LogP contribution in [0.3, 0.4) is 0 Å². The fourth-order valence-corrected chi connectivity index (χ4v) is 8.08. The van der Waals surface area contributed by atoms with Crippen LogP contribution >= 0.6 is 7.82 Å². The normalized spacial score (nSPS) is 13.6. The number of ether oxygens (including phenoxy) is 2. The molecule has 0 aliphatic heterocycles. The summed E-state index contributed by atoms with van der Waals surface area (Å²) in [6.07, 6.45) is 50.6. The minimum atomic E-state index is -4.63. The zero-order chi connectivity index (χ0) is 45.7. The first-order valence-electron chi connectivity index (χ1n) is 26.0. The van der Waals surface area contributed by atoms with Crippen LogP contribution in [-0.4, -0.2) is 70.0 Å². The second kappa shape index (κ2) is 44.7. The van der Waals surface area contributed by atoms with Crippen molar-refractivity contribution in [2.75, 3.05) is 47.5 Å². The van der Waals surface area contributed by atoms with Gasteiger partial charge in [-0.15, -0.1) is 0 Å². The Morgan fingerprint density at radius 2 is 0.823 bits per heavy atom. The fourth-order valence-electron chi connectivity index (χ4n) is 7.35.